The highest BCUT2D eigenvalue weighted by atomic mass is 16.4. The van der Waals surface area contributed by atoms with Crippen molar-refractivity contribution in [3.05, 3.63) is 28.6 Å². The van der Waals surface area contributed by atoms with E-state index in [9.17, 15) is 9.59 Å². The summed E-state index contributed by atoms with van der Waals surface area (Å²) in [6, 6.07) is -0.439. The molecule has 24 heavy (non-hydrogen) atoms. The molecule has 128 valence electrons. The summed E-state index contributed by atoms with van der Waals surface area (Å²) in [4.78, 5) is 27.4. The summed E-state index contributed by atoms with van der Waals surface area (Å²) in [6.45, 7) is 1.76. The quantitative estimate of drug-likeness (QED) is 0.733. The van der Waals surface area contributed by atoms with E-state index in [4.69, 9.17) is 5.11 Å². The number of hydrogen-bond acceptors (Lipinski definition) is 5. The number of aromatic amines is 1. The summed E-state index contributed by atoms with van der Waals surface area (Å²) in [7, 11) is 1.77. The number of aliphatic carboxylic acids is 1. The minimum atomic E-state index is -0.990. The van der Waals surface area contributed by atoms with E-state index >= 15 is 0 Å². The molecular weight excluding hydrogens is 312 g/mol. The predicted octanol–water partition coefficient (Wildman–Crippen LogP) is 0.535. The van der Waals surface area contributed by atoms with Gasteiger partial charge in [-0.25, -0.2) is 4.98 Å². The van der Waals surface area contributed by atoms with E-state index in [1.54, 1.807) is 18.7 Å². The van der Waals surface area contributed by atoms with Crippen LogP contribution < -0.4 is 5.32 Å². The number of carbonyl (C=O) groups excluding carboxylic acids is 1. The van der Waals surface area contributed by atoms with Gasteiger partial charge >= 0.3 is 5.97 Å². The van der Waals surface area contributed by atoms with Gasteiger partial charge in [0.1, 0.15) is 17.9 Å². The smallest absolute Gasteiger partial charge is 0.311 e. The zero-order valence-corrected chi connectivity index (χ0v) is 13.7. The maximum absolute atomic E-state index is 12.6. The largest absolute Gasteiger partial charge is 0.481 e. The summed E-state index contributed by atoms with van der Waals surface area (Å²) in [6.07, 6.45) is 3.71. The van der Waals surface area contributed by atoms with Crippen LogP contribution in [0, 0.1) is 0 Å². The first kappa shape index (κ1) is 16.2. The highest BCUT2D eigenvalue weighted by Gasteiger charge is 2.25. The van der Waals surface area contributed by atoms with E-state index in [1.165, 1.54) is 0 Å². The highest BCUT2D eigenvalue weighted by molar-refractivity contribution is 5.94. The van der Waals surface area contributed by atoms with Crippen molar-refractivity contribution in [2.24, 2.45) is 7.05 Å². The molecule has 1 aliphatic carbocycles. The molecule has 2 aromatic heterocycles. The van der Waals surface area contributed by atoms with Crippen LogP contribution in [0.25, 0.3) is 0 Å². The number of carboxylic acids is 1. The topological polar surface area (TPSA) is 126 Å². The van der Waals surface area contributed by atoms with Crippen LogP contribution in [0.15, 0.2) is 0 Å². The molecule has 0 fully saturated rings. The average Bonchev–Trinajstić information content (AvgIpc) is 3.09. The molecule has 0 saturated heterocycles. The molecule has 2 aromatic rings. The molecule has 1 atom stereocenters. The lowest BCUT2D eigenvalue weighted by Gasteiger charge is -2.14. The van der Waals surface area contributed by atoms with Crippen molar-refractivity contribution in [1.29, 1.82) is 0 Å². The van der Waals surface area contributed by atoms with E-state index in [1.807, 2.05) is 0 Å². The molecule has 0 saturated carbocycles. The number of H-pyrrole nitrogens is 1. The number of nitrogens with one attached hydrogen (secondary N) is 2. The van der Waals surface area contributed by atoms with Crippen LogP contribution in [0.5, 0.6) is 0 Å². The van der Waals surface area contributed by atoms with E-state index in [-0.39, 0.29) is 18.2 Å². The normalized spacial score (nSPS) is 14.9. The molecule has 9 heteroatoms. The molecule has 9 nitrogen and oxygen atoms in total. The van der Waals surface area contributed by atoms with Crippen LogP contribution in [0.3, 0.4) is 0 Å². The number of rotatable bonds is 5. The van der Waals surface area contributed by atoms with Crippen molar-refractivity contribution >= 4 is 11.9 Å². The molecule has 0 spiro atoms. The summed E-state index contributed by atoms with van der Waals surface area (Å²) >= 11 is 0. The predicted molar refractivity (Wildman–Crippen MR) is 83.5 cm³/mol. The maximum Gasteiger partial charge on any atom is 0.311 e. The lowest BCUT2D eigenvalue weighted by Crippen LogP contribution is -2.30. The third-order valence-electron chi connectivity index (χ3n) is 4.14. The van der Waals surface area contributed by atoms with Crippen molar-refractivity contribution < 1.29 is 14.7 Å². The molecule has 3 N–H and O–H groups in total. The Balaban J connectivity index is 1.74. The zero-order valence-electron chi connectivity index (χ0n) is 13.7. The molecule has 0 aromatic carbocycles. The van der Waals surface area contributed by atoms with Gasteiger partial charge in [0.25, 0.3) is 5.91 Å². The summed E-state index contributed by atoms with van der Waals surface area (Å²) in [5.74, 6) is -0.590. The van der Waals surface area contributed by atoms with Crippen molar-refractivity contribution in [2.75, 3.05) is 0 Å². The Morgan fingerprint density at radius 3 is 2.88 bits per heavy atom. The first-order valence-electron chi connectivity index (χ1n) is 7.94. The number of nitrogens with zero attached hydrogens (tertiary/aromatic N) is 4. The summed E-state index contributed by atoms with van der Waals surface area (Å²) in [5.41, 5.74) is 2.61. The van der Waals surface area contributed by atoms with Gasteiger partial charge in [-0.3, -0.25) is 19.4 Å². The third-order valence-corrected chi connectivity index (χ3v) is 4.14. The van der Waals surface area contributed by atoms with Crippen LogP contribution in [-0.2, 0) is 31.1 Å². The minimum Gasteiger partial charge on any atom is -0.481 e. The minimum absolute atomic E-state index is 0.217. The van der Waals surface area contributed by atoms with Gasteiger partial charge in [-0.2, -0.15) is 10.2 Å². The Bertz CT molecular complexity index is 778. The number of aromatic nitrogens is 5. The molecule has 1 amide bonds. The first-order valence-corrected chi connectivity index (χ1v) is 7.94. The molecular formula is C15H20N6O3. The lowest BCUT2D eigenvalue weighted by molar-refractivity contribution is -0.136. The van der Waals surface area contributed by atoms with E-state index in [0.29, 0.717) is 11.5 Å². The van der Waals surface area contributed by atoms with Crippen molar-refractivity contribution in [2.45, 2.75) is 45.1 Å². The van der Waals surface area contributed by atoms with Crippen LogP contribution >= 0.6 is 0 Å². The Kier molecular flexibility index (Phi) is 4.32. The van der Waals surface area contributed by atoms with Crippen LogP contribution in [0.4, 0.5) is 0 Å². The SMILES string of the molecule is C[C@H](NC(=O)c1c2c(nn1C)CCCC2)c1n[nH]c(CC(=O)O)n1. The number of hydrogen-bond donors (Lipinski definition) is 3. The van der Waals surface area contributed by atoms with Gasteiger partial charge in [-0.1, -0.05) is 0 Å². The van der Waals surface area contributed by atoms with Gasteiger partial charge < -0.3 is 10.4 Å². The Labute approximate surface area is 138 Å². The molecule has 0 unspecified atom stereocenters. The Morgan fingerprint density at radius 2 is 2.12 bits per heavy atom. The van der Waals surface area contributed by atoms with Gasteiger partial charge in [0.15, 0.2) is 5.82 Å². The average molecular weight is 332 g/mol. The number of carbonyl (C=O) groups is 2. The second-order valence-electron chi connectivity index (χ2n) is 6.01. The lowest BCUT2D eigenvalue weighted by atomic mass is 9.95. The van der Waals surface area contributed by atoms with Crippen molar-refractivity contribution in [3.8, 4) is 0 Å². The molecule has 0 aliphatic heterocycles. The number of fused-ring (bicyclic) bond motifs is 1. The van der Waals surface area contributed by atoms with E-state index < -0.39 is 12.0 Å². The maximum atomic E-state index is 12.6. The molecule has 0 radical (unpaired) electrons. The highest BCUT2D eigenvalue weighted by Crippen LogP contribution is 2.24. The van der Waals surface area contributed by atoms with Crippen LogP contribution in [0.1, 0.15) is 59.2 Å². The summed E-state index contributed by atoms with van der Waals surface area (Å²) in [5, 5.41) is 22.6. The molecule has 3 rings (SSSR count). The van der Waals surface area contributed by atoms with Gasteiger partial charge in [0, 0.05) is 12.6 Å². The summed E-state index contributed by atoms with van der Waals surface area (Å²) < 4.78 is 1.63. The van der Waals surface area contributed by atoms with Gasteiger partial charge in [0.2, 0.25) is 0 Å². The first-order chi connectivity index (χ1) is 11.5. The van der Waals surface area contributed by atoms with Gasteiger partial charge in [-0.05, 0) is 32.6 Å². The molecule has 0 bridgehead atoms. The third kappa shape index (κ3) is 3.15. The number of aryl methyl sites for hydroxylation is 2. The monoisotopic (exact) mass is 332 g/mol. The second kappa shape index (κ2) is 6.42. The zero-order chi connectivity index (χ0) is 17.3. The van der Waals surface area contributed by atoms with E-state index in [0.717, 1.165) is 36.9 Å². The molecule has 2 heterocycles. The second-order valence-corrected chi connectivity index (χ2v) is 6.01. The molecule has 1 aliphatic rings. The fraction of sp³-hybridized carbons (Fsp3) is 0.533. The Morgan fingerprint density at radius 1 is 1.38 bits per heavy atom. The van der Waals surface area contributed by atoms with Crippen molar-refractivity contribution in [1.82, 2.24) is 30.3 Å². The standard InChI is InChI=1S/C15H20N6O3/c1-8(14-17-11(18-19-14)7-12(22)23)16-15(24)13-9-5-3-4-6-10(9)20-21(13)2/h8H,3-7H2,1-2H3,(H,16,24)(H,22,23)(H,17,18,19)/t8-/m0/s1. The fourth-order valence-corrected chi connectivity index (χ4v) is 3.02. The number of amides is 1. The van der Waals surface area contributed by atoms with Gasteiger partial charge in [0.05, 0.1) is 11.7 Å². The van der Waals surface area contributed by atoms with Crippen LogP contribution in [-0.4, -0.2) is 41.9 Å². The fourth-order valence-electron chi connectivity index (χ4n) is 3.02. The Hall–Kier alpha value is -2.71. The number of carboxylic acid groups (broad SMARTS) is 1. The van der Waals surface area contributed by atoms with Crippen LogP contribution in [0.2, 0.25) is 0 Å². The van der Waals surface area contributed by atoms with Gasteiger partial charge in [-0.15, -0.1) is 0 Å². The van der Waals surface area contributed by atoms with E-state index in [2.05, 4.69) is 25.6 Å². The van der Waals surface area contributed by atoms with Crippen molar-refractivity contribution in [3.63, 3.8) is 0 Å².